The molecule has 4 nitrogen and oxygen atoms in total. The molecule has 122 valence electrons. The van der Waals surface area contributed by atoms with Gasteiger partial charge in [-0.25, -0.2) is 4.79 Å². The van der Waals surface area contributed by atoms with Gasteiger partial charge in [0.1, 0.15) is 5.60 Å². The predicted octanol–water partition coefficient (Wildman–Crippen LogP) is 3.41. The molecule has 0 radical (unpaired) electrons. The van der Waals surface area contributed by atoms with Gasteiger partial charge in [0.25, 0.3) is 0 Å². The quantitative estimate of drug-likeness (QED) is 0.867. The first-order valence-electron chi connectivity index (χ1n) is 8.48. The molecule has 0 aromatic rings. The van der Waals surface area contributed by atoms with Crippen molar-refractivity contribution >= 4 is 6.09 Å². The van der Waals surface area contributed by atoms with Gasteiger partial charge < -0.3 is 15.0 Å². The maximum atomic E-state index is 11.9. The molecule has 2 rings (SSSR count). The van der Waals surface area contributed by atoms with Gasteiger partial charge in [0.2, 0.25) is 0 Å². The predicted molar refractivity (Wildman–Crippen MR) is 85.3 cm³/mol. The number of amides is 1. The highest BCUT2D eigenvalue weighted by Gasteiger charge is 2.35. The minimum Gasteiger partial charge on any atom is -0.444 e. The molecule has 1 N–H and O–H groups in total. The second-order valence-electron chi connectivity index (χ2n) is 8.10. The van der Waals surface area contributed by atoms with E-state index in [-0.39, 0.29) is 6.09 Å². The Balaban J connectivity index is 1.64. The van der Waals surface area contributed by atoms with E-state index < -0.39 is 5.60 Å². The molecule has 1 saturated heterocycles. The van der Waals surface area contributed by atoms with Crippen LogP contribution in [0.4, 0.5) is 4.79 Å². The first kappa shape index (κ1) is 16.6. The first-order chi connectivity index (χ1) is 9.74. The normalized spacial score (nSPS) is 27.6. The zero-order valence-corrected chi connectivity index (χ0v) is 14.3. The standard InChI is InChI=1S/C17H32N2O2/c1-12(2)13-6-8-14(9-7-13)18-15-10-19(11-15)16(20)21-17(3,4)5/h12-15,18H,6-11H2,1-5H3. The van der Waals surface area contributed by atoms with Crippen molar-refractivity contribution in [3.05, 3.63) is 0 Å². The molecule has 0 aromatic carbocycles. The van der Waals surface area contributed by atoms with Crippen LogP contribution in [0.1, 0.15) is 60.3 Å². The maximum Gasteiger partial charge on any atom is 0.410 e. The van der Waals surface area contributed by atoms with Crippen LogP contribution in [0.5, 0.6) is 0 Å². The van der Waals surface area contributed by atoms with Gasteiger partial charge in [0.05, 0.1) is 0 Å². The highest BCUT2D eigenvalue weighted by Crippen LogP contribution is 2.30. The van der Waals surface area contributed by atoms with Crippen LogP contribution in [0, 0.1) is 11.8 Å². The Labute approximate surface area is 129 Å². The van der Waals surface area contributed by atoms with E-state index in [1.165, 1.54) is 25.7 Å². The van der Waals surface area contributed by atoms with Gasteiger partial charge in [-0.15, -0.1) is 0 Å². The van der Waals surface area contributed by atoms with Gasteiger partial charge in [-0.1, -0.05) is 13.8 Å². The Kier molecular flexibility index (Phi) is 5.18. The number of ether oxygens (including phenoxy) is 1. The second kappa shape index (κ2) is 6.55. The smallest absolute Gasteiger partial charge is 0.410 e. The van der Waals surface area contributed by atoms with Crippen LogP contribution >= 0.6 is 0 Å². The minimum absolute atomic E-state index is 0.177. The molecule has 4 heteroatoms. The van der Waals surface area contributed by atoms with Crippen molar-refractivity contribution in [1.82, 2.24) is 10.2 Å². The molecule has 1 saturated carbocycles. The molecule has 1 aliphatic heterocycles. The molecule has 1 amide bonds. The van der Waals surface area contributed by atoms with Crippen molar-refractivity contribution in [2.75, 3.05) is 13.1 Å². The van der Waals surface area contributed by atoms with E-state index >= 15 is 0 Å². The number of hydrogen-bond acceptors (Lipinski definition) is 3. The Morgan fingerprint density at radius 3 is 2.14 bits per heavy atom. The van der Waals surface area contributed by atoms with Crippen LogP contribution in [0.25, 0.3) is 0 Å². The monoisotopic (exact) mass is 296 g/mol. The van der Waals surface area contributed by atoms with Crippen molar-refractivity contribution in [2.24, 2.45) is 11.8 Å². The first-order valence-corrected chi connectivity index (χ1v) is 8.48. The van der Waals surface area contributed by atoms with Gasteiger partial charge in [-0.3, -0.25) is 0 Å². The van der Waals surface area contributed by atoms with E-state index in [2.05, 4.69) is 19.2 Å². The number of nitrogens with zero attached hydrogens (tertiary/aromatic N) is 1. The summed E-state index contributed by atoms with van der Waals surface area (Å²) in [6.45, 7) is 12.0. The van der Waals surface area contributed by atoms with Gasteiger partial charge in [0.15, 0.2) is 0 Å². The molecule has 2 aliphatic rings. The third kappa shape index (κ3) is 4.87. The Hall–Kier alpha value is -0.770. The van der Waals surface area contributed by atoms with E-state index in [1.54, 1.807) is 4.90 Å². The molecule has 0 atom stereocenters. The third-order valence-corrected chi connectivity index (χ3v) is 4.72. The number of carbonyl (C=O) groups is 1. The molecular formula is C17H32N2O2. The molecule has 0 unspecified atom stereocenters. The van der Waals surface area contributed by atoms with E-state index in [9.17, 15) is 4.79 Å². The molecule has 21 heavy (non-hydrogen) atoms. The van der Waals surface area contributed by atoms with E-state index in [0.29, 0.717) is 12.1 Å². The van der Waals surface area contributed by atoms with Crippen molar-refractivity contribution in [3.8, 4) is 0 Å². The van der Waals surface area contributed by atoms with Crippen LogP contribution in [-0.2, 0) is 4.74 Å². The van der Waals surface area contributed by atoms with Crippen LogP contribution in [-0.4, -0.2) is 41.8 Å². The minimum atomic E-state index is -0.398. The molecule has 1 heterocycles. The van der Waals surface area contributed by atoms with Crippen molar-refractivity contribution in [2.45, 2.75) is 78.0 Å². The number of rotatable bonds is 3. The fraction of sp³-hybridized carbons (Fsp3) is 0.941. The summed E-state index contributed by atoms with van der Waals surface area (Å²) in [5.41, 5.74) is -0.398. The molecule has 0 aromatic heterocycles. The lowest BCUT2D eigenvalue weighted by Gasteiger charge is -2.43. The van der Waals surface area contributed by atoms with E-state index in [0.717, 1.165) is 24.9 Å². The van der Waals surface area contributed by atoms with Crippen LogP contribution in [0.3, 0.4) is 0 Å². The third-order valence-electron chi connectivity index (χ3n) is 4.72. The Bertz CT molecular complexity index is 348. The van der Waals surface area contributed by atoms with Gasteiger partial charge >= 0.3 is 6.09 Å². The summed E-state index contributed by atoms with van der Waals surface area (Å²) in [5, 5.41) is 3.71. The van der Waals surface area contributed by atoms with Gasteiger partial charge in [-0.2, -0.15) is 0 Å². The summed E-state index contributed by atoms with van der Waals surface area (Å²) in [5.74, 6) is 1.72. The summed E-state index contributed by atoms with van der Waals surface area (Å²) in [6.07, 6.45) is 5.08. The van der Waals surface area contributed by atoms with Gasteiger partial charge in [0, 0.05) is 25.2 Å². The van der Waals surface area contributed by atoms with Crippen LogP contribution in [0.2, 0.25) is 0 Å². The Morgan fingerprint density at radius 2 is 1.67 bits per heavy atom. The van der Waals surface area contributed by atoms with E-state index in [4.69, 9.17) is 4.74 Å². The summed E-state index contributed by atoms with van der Waals surface area (Å²) in [7, 11) is 0. The topological polar surface area (TPSA) is 41.6 Å². The molecule has 1 aliphatic carbocycles. The summed E-state index contributed by atoms with van der Waals surface area (Å²) in [6, 6.07) is 1.10. The van der Waals surface area contributed by atoms with E-state index in [1.807, 2.05) is 20.8 Å². The average Bonchev–Trinajstić information content (AvgIpc) is 2.31. The van der Waals surface area contributed by atoms with Crippen molar-refractivity contribution in [1.29, 1.82) is 0 Å². The second-order valence-corrected chi connectivity index (χ2v) is 8.10. The molecule has 0 bridgehead atoms. The zero-order valence-electron chi connectivity index (χ0n) is 14.3. The average molecular weight is 296 g/mol. The number of likely N-dealkylation sites (tertiary alicyclic amines) is 1. The van der Waals surface area contributed by atoms with Crippen molar-refractivity contribution < 1.29 is 9.53 Å². The van der Waals surface area contributed by atoms with Gasteiger partial charge in [-0.05, 0) is 58.3 Å². The fourth-order valence-electron chi connectivity index (χ4n) is 3.35. The largest absolute Gasteiger partial charge is 0.444 e. The summed E-state index contributed by atoms with van der Waals surface area (Å²) in [4.78, 5) is 13.7. The number of carbonyl (C=O) groups excluding carboxylic acids is 1. The number of hydrogen-bond donors (Lipinski definition) is 1. The summed E-state index contributed by atoms with van der Waals surface area (Å²) >= 11 is 0. The lowest BCUT2D eigenvalue weighted by Crippen LogP contribution is -2.62. The molecular weight excluding hydrogens is 264 g/mol. The zero-order chi connectivity index (χ0) is 15.6. The highest BCUT2D eigenvalue weighted by atomic mass is 16.6. The highest BCUT2D eigenvalue weighted by molar-refractivity contribution is 5.69. The van der Waals surface area contributed by atoms with Crippen molar-refractivity contribution in [3.63, 3.8) is 0 Å². The SMILES string of the molecule is CC(C)C1CCC(NC2CN(C(=O)OC(C)(C)C)C2)CC1. The lowest BCUT2D eigenvalue weighted by atomic mass is 9.79. The van der Waals surface area contributed by atoms with Crippen LogP contribution < -0.4 is 5.32 Å². The molecule has 0 spiro atoms. The number of nitrogens with one attached hydrogen (secondary N) is 1. The maximum absolute atomic E-state index is 11.9. The lowest BCUT2D eigenvalue weighted by molar-refractivity contribution is 0.00331. The van der Waals surface area contributed by atoms with Crippen LogP contribution in [0.15, 0.2) is 0 Å². The fourth-order valence-corrected chi connectivity index (χ4v) is 3.35. The summed E-state index contributed by atoms with van der Waals surface area (Å²) < 4.78 is 5.38. The Morgan fingerprint density at radius 1 is 1.10 bits per heavy atom. The molecule has 2 fully saturated rings.